The van der Waals surface area contributed by atoms with Crippen LogP contribution in [0.15, 0.2) is 47.4 Å². The molecule has 0 bridgehead atoms. The van der Waals surface area contributed by atoms with Crippen molar-refractivity contribution in [2.45, 2.75) is 26.2 Å². The molecule has 1 amide bonds. The molecule has 0 saturated heterocycles. The van der Waals surface area contributed by atoms with Crippen LogP contribution in [0.4, 0.5) is 5.69 Å². The van der Waals surface area contributed by atoms with Crippen LogP contribution in [0.5, 0.6) is 0 Å². The minimum atomic E-state index is -0.390. The molecule has 0 unspecified atom stereocenters. The molecule has 3 aromatic rings. The Labute approximate surface area is 145 Å². The quantitative estimate of drug-likeness (QED) is 0.755. The molecule has 2 N–H and O–H groups in total. The second-order valence-electron chi connectivity index (χ2n) is 6.69. The number of aromatic amines is 1. The molecule has 0 aliphatic heterocycles. The monoisotopic (exact) mass is 333 g/mol. The molecular weight excluding hydrogens is 314 g/mol. The number of hydrogen-bond donors (Lipinski definition) is 2. The zero-order valence-electron chi connectivity index (χ0n) is 14.0. The van der Waals surface area contributed by atoms with E-state index in [-0.39, 0.29) is 11.1 Å². The summed E-state index contributed by atoms with van der Waals surface area (Å²) in [7, 11) is 0. The van der Waals surface area contributed by atoms with E-state index in [9.17, 15) is 9.59 Å². The molecule has 0 saturated carbocycles. The first kappa shape index (κ1) is 15.6. The van der Waals surface area contributed by atoms with Gasteiger partial charge >= 0.3 is 0 Å². The molecule has 126 valence electrons. The number of H-pyrrole nitrogens is 1. The van der Waals surface area contributed by atoms with Gasteiger partial charge in [-0.05, 0) is 61.1 Å². The van der Waals surface area contributed by atoms with Crippen molar-refractivity contribution in [3.05, 3.63) is 69.8 Å². The van der Waals surface area contributed by atoms with Crippen LogP contribution in [0.25, 0.3) is 10.9 Å². The van der Waals surface area contributed by atoms with E-state index in [0.717, 1.165) is 41.4 Å². The van der Waals surface area contributed by atoms with Crippen molar-refractivity contribution in [1.29, 1.82) is 0 Å². The van der Waals surface area contributed by atoms with Gasteiger partial charge in [-0.1, -0.05) is 13.0 Å². The van der Waals surface area contributed by atoms with Gasteiger partial charge in [0.2, 0.25) is 0 Å². The van der Waals surface area contributed by atoms with E-state index >= 15 is 0 Å². The molecule has 4 rings (SSSR count). The first-order valence-corrected chi connectivity index (χ1v) is 8.52. The van der Waals surface area contributed by atoms with Crippen molar-refractivity contribution in [1.82, 2.24) is 9.97 Å². The molecule has 2 heterocycles. The molecule has 5 nitrogen and oxygen atoms in total. The van der Waals surface area contributed by atoms with Gasteiger partial charge in [0.25, 0.3) is 11.5 Å². The van der Waals surface area contributed by atoms with E-state index in [4.69, 9.17) is 0 Å². The average molecular weight is 333 g/mol. The van der Waals surface area contributed by atoms with Gasteiger partial charge in [-0.3, -0.25) is 14.6 Å². The summed E-state index contributed by atoms with van der Waals surface area (Å²) in [6.07, 6.45) is 4.54. The molecule has 0 radical (unpaired) electrons. The standard InChI is InChI=1S/C20H19N3O2/c1-12-7-8-16-13(10-12)11-15(19(24)22-16)20(25)23-18-6-2-5-17-14(18)4-3-9-21-17/h2-6,9,11-12H,7-8,10H2,1H3,(H,22,24)(H,23,25)/t12-/m1/s1. The number of amides is 1. The Balaban J connectivity index is 1.69. The second kappa shape index (κ2) is 6.16. The zero-order chi connectivity index (χ0) is 17.4. The Morgan fingerprint density at radius 3 is 3.04 bits per heavy atom. The molecule has 5 heteroatoms. The normalized spacial score (nSPS) is 16.4. The number of benzene rings is 1. The van der Waals surface area contributed by atoms with Crippen LogP contribution in [-0.4, -0.2) is 15.9 Å². The lowest BCUT2D eigenvalue weighted by atomic mass is 9.87. The van der Waals surface area contributed by atoms with E-state index in [2.05, 4.69) is 22.2 Å². The maximum Gasteiger partial charge on any atom is 0.261 e. The van der Waals surface area contributed by atoms with Gasteiger partial charge in [0.15, 0.2) is 0 Å². The van der Waals surface area contributed by atoms with Crippen molar-refractivity contribution >= 4 is 22.5 Å². The number of hydrogen-bond acceptors (Lipinski definition) is 3. The summed E-state index contributed by atoms with van der Waals surface area (Å²) in [5, 5.41) is 3.71. The van der Waals surface area contributed by atoms with Crippen LogP contribution >= 0.6 is 0 Å². The van der Waals surface area contributed by atoms with Crippen molar-refractivity contribution in [2.24, 2.45) is 5.92 Å². The molecule has 25 heavy (non-hydrogen) atoms. The van der Waals surface area contributed by atoms with Crippen molar-refractivity contribution in [3.8, 4) is 0 Å². The largest absolute Gasteiger partial charge is 0.325 e. The smallest absolute Gasteiger partial charge is 0.261 e. The molecule has 0 spiro atoms. The number of nitrogens with one attached hydrogen (secondary N) is 2. The Morgan fingerprint density at radius 1 is 1.28 bits per heavy atom. The van der Waals surface area contributed by atoms with Crippen LogP contribution < -0.4 is 10.9 Å². The highest BCUT2D eigenvalue weighted by Gasteiger charge is 2.20. The van der Waals surface area contributed by atoms with Crippen LogP contribution in [0.1, 0.15) is 35.0 Å². The molecule has 1 atom stereocenters. The number of carbonyl (C=O) groups is 1. The third-order valence-corrected chi connectivity index (χ3v) is 4.81. The number of nitrogens with zero attached hydrogens (tertiary/aromatic N) is 1. The molecule has 1 aromatic carbocycles. The summed E-state index contributed by atoms with van der Waals surface area (Å²) >= 11 is 0. The fourth-order valence-electron chi connectivity index (χ4n) is 3.46. The van der Waals surface area contributed by atoms with Gasteiger partial charge in [-0.25, -0.2) is 0 Å². The van der Waals surface area contributed by atoms with E-state index in [1.807, 2.05) is 30.3 Å². The molecule has 1 aliphatic rings. The van der Waals surface area contributed by atoms with Crippen LogP contribution in [0.3, 0.4) is 0 Å². The number of aryl methyl sites for hydroxylation is 1. The zero-order valence-corrected chi connectivity index (χ0v) is 14.0. The number of aromatic nitrogens is 2. The number of pyridine rings is 2. The number of rotatable bonds is 2. The molecule has 2 aromatic heterocycles. The molecular formula is C20H19N3O2. The minimum Gasteiger partial charge on any atom is -0.325 e. The van der Waals surface area contributed by atoms with Crippen molar-refractivity contribution in [3.63, 3.8) is 0 Å². The highest BCUT2D eigenvalue weighted by atomic mass is 16.2. The lowest BCUT2D eigenvalue weighted by Gasteiger charge is -2.21. The predicted octanol–water partition coefficient (Wildman–Crippen LogP) is 3.30. The van der Waals surface area contributed by atoms with Gasteiger partial charge in [-0.2, -0.15) is 0 Å². The van der Waals surface area contributed by atoms with Crippen molar-refractivity contribution in [2.75, 3.05) is 5.32 Å². The maximum atomic E-state index is 12.7. The molecule has 1 aliphatic carbocycles. The molecule has 0 fully saturated rings. The van der Waals surface area contributed by atoms with Gasteiger partial charge in [-0.15, -0.1) is 0 Å². The SMILES string of the molecule is C[C@@H]1CCc2[nH]c(=O)c(C(=O)Nc3cccc4ncccc34)cc2C1. The van der Waals surface area contributed by atoms with Gasteiger partial charge in [0.05, 0.1) is 11.2 Å². The van der Waals surface area contributed by atoms with E-state index in [1.165, 1.54) is 0 Å². The number of anilines is 1. The summed E-state index contributed by atoms with van der Waals surface area (Å²) < 4.78 is 0. The summed E-state index contributed by atoms with van der Waals surface area (Å²) in [6.45, 7) is 2.19. The van der Waals surface area contributed by atoms with Gasteiger partial charge in [0, 0.05) is 17.3 Å². The first-order valence-electron chi connectivity index (χ1n) is 8.52. The van der Waals surface area contributed by atoms with Gasteiger partial charge in [0.1, 0.15) is 5.56 Å². The summed E-state index contributed by atoms with van der Waals surface area (Å²) in [6, 6.07) is 11.0. The Hall–Kier alpha value is -2.95. The summed E-state index contributed by atoms with van der Waals surface area (Å²) in [5.41, 5.74) is 3.32. The number of fused-ring (bicyclic) bond motifs is 2. The van der Waals surface area contributed by atoms with Crippen LogP contribution in [0, 0.1) is 5.92 Å². The highest BCUT2D eigenvalue weighted by Crippen LogP contribution is 2.24. The highest BCUT2D eigenvalue weighted by molar-refractivity contribution is 6.08. The van der Waals surface area contributed by atoms with E-state index in [0.29, 0.717) is 11.6 Å². The third kappa shape index (κ3) is 2.93. The fraction of sp³-hybridized carbons (Fsp3) is 0.250. The lowest BCUT2D eigenvalue weighted by Crippen LogP contribution is -2.27. The Morgan fingerprint density at radius 2 is 2.16 bits per heavy atom. The average Bonchev–Trinajstić information content (AvgIpc) is 2.62. The summed E-state index contributed by atoms with van der Waals surface area (Å²) in [5.74, 6) is 0.178. The Kier molecular flexibility index (Phi) is 3.84. The second-order valence-corrected chi connectivity index (χ2v) is 6.69. The fourth-order valence-corrected chi connectivity index (χ4v) is 3.46. The lowest BCUT2D eigenvalue weighted by molar-refractivity contribution is 0.102. The summed E-state index contributed by atoms with van der Waals surface area (Å²) in [4.78, 5) is 32.2. The first-order chi connectivity index (χ1) is 12.1. The van der Waals surface area contributed by atoms with E-state index < -0.39 is 5.91 Å². The topological polar surface area (TPSA) is 74.8 Å². The van der Waals surface area contributed by atoms with E-state index in [1.54, 1.807) is 12.3 Å². The minimum absolute atomic E-state index is 0.161. The van der Waals surface area contributed by atoms with Crippen LogP contribution in [0.2, 0.25) is 0 Å². The predicted molar refractivity (Wildman–Crippen MR) is 97.9 cm³/mol. The third-order valence-electron chi connectivity index (χ3n) is 4.81. The van der Waals surface area contributed by atoms with Crippen molar-refractivity contribution < 1.29 is 4.79 Å². The maximum absolute atomic E-state index is 12.7. The van der Waals surface area contributed by atoms with Crippen LogP contribution in [-0.2, 0) is 12.8 Å². The Bertz CT molecular complexity index is 1020. The number of carbonyl (C=O) groups excluding carboxylic acids is 1. The van der Waals surface area contributed by atoms with Gasteiger partial charge < -0.3 is 10.3 Å².